The number of halogens is 1. The lowest BCUT2D eigenvalue weighted by molar-refractivity contribution is 0.736. The SMILES string of the molecule is CCCCCNc1nc(Cl)nc(-n2cncn2)n1. The summed E-state index contributed by atoms with van der Waals surface area (Å²) < 4.78 is 1.44. The molecule has 1 N–H and O–H groups in total. The highest BCUT2D eigenvalue weighted by Gasteiger charge is 2.06. The van der Waals surface area contributed by atoms with E-state index in [-0.39, 0.29) is 5.28 Å². The van der Waals surface area contributed by atoms with Crippen LogP contribution in [-0.4, -0.2) is 36.3 Å². The standard InChI is InChI=1S/C10H14ClN7/c1-2-3-4-5-13-9-15-8(11)16-10(17-9)18-7-12-6-14-18/h6-7H,2-5H2,1H3,(H,13,15,16,17). The Labute approximate surface area is 110 Å². The molecular formula is C10H14ClN7. The number of rotatable bonds is 6. The fraction of sp³-hybridized carbons (Fsp3) is 0.500. The summed E-state index contributed by atoms with van der Waals surface area (Å²) in [5, 5.41) is 7.19. The Kier molecular flexibility index (Phi) is 4.40. The molecule has 8 heteroatoms. The summed E-state index contributed by atoms with van der Waals surface area (Å²) in [6.45, 7) is 2.97. The minimum Gasteiger partial charge on any atom is -0.354 e. The van der Waals surface area contributed by atoms with Gasteiger partial charge in [-0.3, -0.25) is 0 Å². The van der Waals surface area contributed by atoms with Crippen LogP contribution in [0.3, 0.4) is 0 Å². The monoisotopic (exact) mass is 267 g/mol. The molecule has 7 nitrogen and oxygen atoms in total. The van der Waals surface area contributed by atoms with Crippen LogP contribution in [0.1, 0.15) is 26.2 Å². The predicted octanol–water partition coefficient (Wildman–Crippen LogP) is 1.71. The molecule has 0 aliphatic heterocycles. The number of nitrogens with zero attached hydrogens (tertiary/aromatic N) is 6. The van der Waals surface area contributed by atoms with Crippen LogP contribution >= 0.6 is 11.6 Å². The molecule has 2 aromatic rings. The quantitative estimate of drug-likeness (QED) is 0.803. The average Bonchev–Trinajstić information content (AvgIpc) is 2.88. The Morgan fingerprint density at radius 1 is 1.28 bits per heavy atom. The smallest absolute Gasteiger partial charge is 0.258 e. The first-order valence-corrected chi connectivity index (χ1v) is 6.18. The summed E-state index contributed by atoms with van der Waals surface area (Å²) in [4.78, 5) is 16.0. The largest absolute Gasteiger partial charge is 0.354 e. The van der Waals surface area contributed by atoms with Crippen molar-refractivity contribution in [2.24, 2.45) is 0 Å². The van der Waals surface area contributed by atoms with Crippen LogP contribution in [0.5, 0.6) is 0 Å². The van der Waals surface area contributed by atoms with Gasteiger partial charge in [0.2, 0.25) is 11.2 Å². The van der Waals surface area contributed by atoms with Crippen LogP contribution in [0.2, 0.25) is 5.28 Å². The summed E-state index contributed by atoms with van der Waals surface area (Å²) >= 11 is 5.84. The first kappa shape index (κ1) is 12.7. The molecule has 0 fully saturated rings. The van der Waals surface area contributed by atoms with Gasteiger partial charge in [-0.2, -0.15) is 24.7 Å². The molecule has 0 bridgehead atoms. The van der Waals surface area contributed by atoms with Crippen LogP contribution in [0.25, 0.3) is 5.95 Å². The maximum Gasteiger partial charge on any atom is 0.258 e. The van der Waals surface area contributed by atoms with Gasteiger partial charge in [-0.1, -0.05) is 19.8 Å². The van der Waals surface area contributed by atoms with E-state index in [1.54, 1.807) is 0 Å². The zero-order valence-electron chi connectivity index (χ0n) is 10.0. The molecule has 0 aliphatic rings. The third kappa shape index (κ3) is 3.36. The molecule has 0 spiro atoms. The zero-order chi connectivity index (χ0) is 12.8. The van der Waals surface area contributed by atoms with Gasteiger partial charge in [0.05, 0.1) is 0 Å². The zero-order valence-corrected chi connectivity index (χ0v) is 10.8. The lowest BCUT2D eigenvalue weighted by atomic mass is 10.2. The predicted molar refractivity (Wildman–Crippen MR) is 67.8 cm³/mol. The topological polar surface area (TPSA) is 81.4 Å². The molecule has 0 unspecified atom stereocenters. The highest BCUT2D eigenvalue weighted by Crippen LogP contribution is 2.08. The van der Waals surface area contributed by atoms with Crippen LogP contribution < -0.4 is 5.32 Å². The minimum atomic E-state index is 0.133. The maximum atomic E-state index is 5.84. The van der Waals surface area contributed by atoms with E-state index in [1.165, 1.54) is 30.2 Å². The van der Waals surface area contributed by atoms with Gasteiger partial charge in [0, 0.05) is 6.54 Å². The van der Waals surface area contributed by atoms with E-state index in [1.807, 2.05) is 0 Å². The van der Waals surface area contributed by atoms with Crippen molar-refractivity contribution in [3.8, 4) is 5.95 Å². The highest BCUT2D eigenvalue weighted by atomic mass is 35.5. The van der Waals surface area contributed by atoms with Crippen molar-refractivity contribution in [3.63, 3.8) is 0 Å². The van der Waals surface area contributed by atoms with E-state index < -0.39 is 0 Å². The van der Waals surface area contributed by atoms with Gasteiger partial charge >= 0.3 is 0 Å². The van der Waals surface area contributed by atoms with Gasteiger partial charge in [-0.15, -0.1) is 0 Å². The van der Waals surface area contributed by atoms with Crippen molar-refractivity contribution in [2.75, 3.05) is 11.9 Å². The Balaban J connectivity index is 2.07. The number of unbranched alkanes of at least 4 members (excludes halogenated alkanes) is 2. The Morgan fingerprint density at radius 2 is 2.17 bits per heavy atom. The van der Waals surface area contributed by atoms with Crippen molar-refractivity contribution in [1.82, 2.24) is 29.7 Å². The normalized spacial score (nSPS) is 10.6. The molecule has 2 heterocycles. The van der Waals surface area contributed by atoms with Gasteiger partial charge in [-0.05, 0) is 18.0 Å². The summed E-state index contributed by atoms with van der Waals surface area (Å²) in [6.07, 6.45) is 6.32. The molecule has 96 valence electrons. The summed E-state index contributed by atoms with van der Waals surface area (Å²) in [6, 6.07) is 0. The number of aromatic nitrogens is 6. The number of anilines is 1. The van der Waals surface area contributed by atoms with E-state index in [9.17, 15) is 0 Å². The molecule has 0 aromatic carbocycles. The second-order valence-electron chi connectivity index (χ2n) is 3.70. The van der Waals surface area contributed by atoms with E-state index in [4.69, 9.17) is 11.6 Å². The van der Waals surface area contributed by atoms with Crippen LogP contribution in [0.15, 0.2) is 12.7 Å². The van der Waals surface area contributed by atoms with Gasteiger partial charge in [0.25, 0.3) is 5.95 Å². The number of nitrogens with one attached hydrogen (secondary N) is 1. The van der Waals surface area contributed by atoms with Gasteiger partial charge in [-0.25, -0.2) is 4.98 Å². The van der Waals surface area contributed by atoms with E-state index in [2.05, 4.69) is 37.3 Å². The molecular weight excluding hydrogens is 254 g/mol. The molecule has 0 radical (unpaired) electrons. The Morgan fingerprint density at radius 3 is 2.89 bits per heavy atom. The lowest BCUT2D eigenvalue weighted by Crippen LogP contribution is -2.10. The summed E-state index contributed by atoms with van der Waals surface area (Å²) in [7, 11) is 0. The highest BCUT2D eigenvalue weighted by molar-refractivity contribution is 6.28. The van der Waals surface area contributed by atoms with Crippen molar-refractivity contribution in [3.05, 3.63) is 17.9 Å². The molecule has 2 aromatic heterocycles. The van der Waals surface area contributed by atoms with Crippen molar-refractivity contribution < 1.29 is 0 Å². The van der Waals surface area contributed by atoms with E-state index >= 15 is 0 Å². The van der Waals surface area contributed by atoms with Crippen molar-refractivity contribution >= 4 is 17.5 Å². The Hall–Kier alpha value is -1.76. The van der Waals surface area contributed by atoms with Crippen LogP contribution in [-0.2, 0) is 0 Å². The third-order valence-corrected chi connectivity index (χ3v) is 2.45. The van der Waals surface area contributed by atoms with Crippen molar-refractivity contribution in [1.29, 1.82) is 0 Å². The third-order valence-electron chi connectivity index (χ3n) is 2.28. The average molecular weight is 268 g/mol. The molecule has 18 heavy (non-hydrogen) atoms. The van der Waals surface area contributed by atoms with E-state index in [0.717, 1.165) is 13.0 Å². The van der Waals surface area contributed by atoms with Crippen LogP contribution in [0.4, 0.5) is 5.95 Å². The van der Waals surface area contributed by atoms with E-state index in [0.29, 0.717) is 11.9 Å². The molecule has 2 rings (SSSR count). The molecule has 0 atom stereocenters. The maximum absolute atomic E-state index is 5.84. The molecule has 0 saturated heterocycles. The fourth-order valence-corrected chi connectivity index (χ4v) is 1.56. The van der Waals surface area contributed by atoms with Gasteiger partial charge < -0.3 is 5.32 Å². The van der Waals surface area contributed by atoms with Crippen molar-refractivity contribution in [2.45, 2.75) is 26.2 Å². The lowest BCUT2D eigenvalue weighted by Gasteiger charge is -2.05. The number of hydrogen-bond acceptors (Lipinski definition) is 6. The summed E-state index contributed by atoms with van der Waals surface area (Å²) in [5.41, 5.74) is 0. The molecule has 0 saturated carbocycles. The minimum absolute atomic E-state index is 0.133. The van der Waals surface area contributed by atoms with Crippen LogP contribution in [0, 0.1) is 0 Å². The fourth-order valence-electron chi connectivity index (χ4n) is 1.41. The first-order valence-electron chi connectivity index (χ1n) is 5.80. The Bertz CT molecular complexity index is 485. The first-order chi connectivity index (χ1) is 8.79. The molecule has 0 aliphatic carbocycles. The number of hydrogen-bond donors (Lipinski definition) is 1. The molecule has 0 amide bonds. The second-order valence-corrected chi connectivity index (χ2v) is 4.04. The van der Waals surface area contributed by atoms with Gasteiger partial charge in [0.15, 0.2) is 0 Å². The summed E-state index contributed by atoms with van der Waals surface area (Å²) in [5.74, 6) is 0.807. The van der Waals surface area contributed by atoms with Gasteiger partial charge in [0.1, 0.15) is 12.7 Å². The second kappa shape index (κ2) is 6.25.